The zero-order valence-corrected chi connectivity index (χ0v) is 22.1. The van der Waals surface area contributed by atoms with Crippen LogP contribution in [0.4, 0.5) is 0 Å². The van der Waals surface area contributed by atoms with Crippen LogP contribution in [0.15, 0.2) is 133 Å². The number of nitrogens with zero attached hydrogens (tertiary/aromatic N) is 4. The molecule has 1 aliphatic carbocycles. The molecule has 2 N–H and O–H groups in total. The third-order valence-electron chi connectivity index (χ3n) is 8.31. The molecule has 1 spiro atoms. The van der Waals surface area contributed by atoms with Gasteiger partial charge in [-0.2, -0.15) is 0 Å². The van der Waals surface area contributed by atoms with E-state index in [0.717, 1.165) is 43.8 Å². The maximum atomic E-state index is 6.93. The van der Waals surface area contributed by atoms with Gasteiger partial charge in [0, 0.05) is 5.22 Å². The maximum Gasteiger partial charge on any atom is 0.200 e. The number of aromatic nitrogens is 4. The van der Waals surface area contributed by atoms with E-state index in [1.165, 1.54) is 11.1 Å². The van der Waals surface area contributed by atoms with E-state index in [1.807, 2.05) is 22.9 Å². The van der Waals surface area contributed by atoms with E-state index >= 15 is 0 Å². The molecule has 2 aliphatic rings. The highest BCUT2D eigenvalue weighted by molar-refractivity contribution is 5.95. The first kappa shape index (κ1) is 23.3. The lowest BCUT2D eigenvalue weighted by atomic mass is 9.76. The van der Waals surface area contributed by atoms with E-state index in [0.29, 0.717) is 11.5 Å². The smallest absolute Gasteiger partial charge is 0.200 e. The van der Waals surface area contributed by atoms with Gasteiger partial charge in [-0.15, -0.1) is 5.10 Å². The molecule has 0 atom stereocenters. The molecule has 0 unspecified atom stereocenters. The Bertz CT molecular complexity index is 2050. The number of hydrogen-bond acceptors (Lipinski definition) is 4. The van der Waals surface area contributed by atoms with E-state index in [1.54, 1.807) is 0 Å². The van der Waals surface area contributed by atoms with E-state index in [-0.39, 0.29) is 0 Å². The molecule has 0 bridgehead atoms. The molecule has 0 radical (unpaired) electrons. The lowest BCUT2D eigenvalue weighted by Gasteiger charge is -2.35. The van der Waals surface area contributed by atoms with Gasteiger partial charge in [-0.3, -0.25) is 0 Å². The Hall–Kier alpha value is -5.55. The molecule has 41 heavy (non-hydrogen) atoms. The van der Waals surface area contributed by atoms with E-state index < -0.39 is 5.54 Å². The molecule has 5 nitrogen and oxygen atoms in total. The van der Waals surface area contributed by atoms with Gasteiger partial charge in [0.2, 0.25) is 0 Å². The van der Waals surface area contributed by atoms with Crippen LogP contribution in [0.3, 0.4) is 0 Å². The average molecular weight is 528 g/mol. The van der Waals surface area contributed by atoms with Gasteiger partial charge in [-0.25, -0.2) is 4.68 Å². The standard InChI is InChI=1S/C36H25N5/c37-34-25-14-2-1-12-24(25)13-11-23-36(41-35(34)38-39-40-41)32-21-9-7-19-30(32)28-17-5-3-15-26(28)27-16-4-6-18-29(27)31-20-8-10-22-33(31)36/h1-23H,37H2/b23-11+,24-13-,34-25-. The Labute approximate surface area is 237 Å². The molecule has 5 aromatic carbocycles. The molecule has 2 heterocycles. The van der Waals surface area contributed by atoms with Crippen molar-refractivity contribution in [1.29, 1.82) is 0 Å². The minimum absolute atomic E-state index is 0.517. The van der Waals surface area contributed by atoms with Crippen molar-refractivity contribution in [3.8, 4) is 33.4 Å². The van der Waals surface area contributed by atoms with Gasteiger partial charge in [0.25, 0.3) is 0 Å². The number of fused-ring (bicyclic) bond motifs is 12. The van der Waals surface area contributed by atoms with Crippen molar-refractivity contribution < 1.29 is 0 Å². The second kappa shape index (κ2) is 9.00. The molecule has 8 rings (SSSR count). The summed E-state index contributed by atoms with van der Waals surface area (Å²) in [6, 6.07) is 42.5. The minimum atomic E-state index is -0.931. The predicted octanol–water partition coefficient (Wildman–Crippen LogP) is 5.24. The van der Waals surface area contributed by atoms with E-state index in [9.17, 15) is 0 Å². The molecular weight excluding hydrogens is 502 g/mol. The molecule has 0 saturated heterocycles. The molecule has 194 valence electrons. The number of nitrogens with two attached hydrogens (primary N) is 1. The molecule has 1 aromatic heterocycles. The minimum Gasteiger partial charge on any atom is -0.395 e. The second-order valence-corrected chi connectivity index (χ2v) is 10.4. The first-order valence-corrected chi connectivity index (χ1v) is 13.7. The molecule has 0 saturated carbocycles. The van der Waals surface area contributed by atoms with E-state index in [4.69, 9.17) is 10.9 Å². The summed E-state index contributed by atoms with van der Waals surface area (Å²) in [6.07, 6.45) is 6.45. The van der Waals surface area contributed by atoms with Crippen LogP contribution in [0.25, 0.3) is 45.2 Å². The van der Waals surface area contributed by atoms with Crippen LogP contribution in [0.5, 0.6) is 0 Å². The van der Waals surface area contributed by atoms with E-state index in [2.05, 4.69) is 132 Å². The monoisotopic (exact) mass is 527 g/mol. The van der Waals surface area contributed by atoms with Gasteiger partial charge in [0.1, 0.15) is 5.54 Å². The highest BCUT2D eigenvalue weighted by Gasteiger charge is 2.42. The van der Waals surface area contributed by atoms with Crippen molar-refractivity contribution >= 4 is 11.8 Å². The van der Waals surface area contributed by atoms with Crippen LogP contribution in [-0.4, -0.2) is 20.2 Å². The summed E-state index contributed by atoms with van der Waals surface area (Å²) < 4.78 is 1.91. The molecule has 0 amide bonds. The number of tetrazole rings is 1. The summed E-state index contributed by atoms with van der Waals surface area (Å²) >= 11 is 0. The molecule has 1 aliphatic heterocycles. The van der Waals surface area contributed by atoms with Crippen LogP contribution in [0, 0.1) is 0 Å². The zero-order valence-electron chi connectivity index (χ0n) is 22.1. The summed E-state index contributed by atoms with van der Waals surface area (Å²) in [5, 5.41) is 15.4. The van der Waals surface area contributed by atoms with Gasteiger partial charge in [0.05, 0.1) is 5.70 Å². The Morgan fingerprint density at radius 1 is 0.561 bits per heavy atom. The van der Waals surface area contributed by atoms with Crippen LogP contribution in [0.2, 0.25) is 0 Å². The van der Waals surface area contributed by atoms with Crippen molar-refractivity contribution in [2.45, 2.75) is 5.54 Å². The quantitative estimate of drug-likeness (QED) is 0.293. The van der Waals surface area contributed by atoms with Gasteiger partial charge < -0.3 is 5.73 Å². The van der Waals surface area contributed by atoms with Crippen molar-refractivity contribution in [2.75, 3.05) is 0 Å². The third kappa shape index (κ3) is 3.33. The van der Waals surface area contributed by atoms with Gasteiger partial charge >= 0.3 is 0 Å². The predicted molar refractivity (Wildman–Crippen MR) is 163 cm³/mol. The lowest BCUT2D eigenvalue weighted by Crippen LogP contribution is -2.39. The van der Waals surface area contributed by atoms with Crippen LogP contribution in [0.1, 0.15) is 17.0 Å². The topological polar surface area (TPSA) is 69.6 Å². The molecular formula is C36H25N5. The largest absolute Gasteiger partial charge is 0.395 e. The van der Waals surface area contributed by atoms with Crippen LogP contribution < -0.4 is 16.2 Å². The fraction of sp³-hybridized carbons (Fsp3) is 0.0278. The molecule has 5 heteroatoms. The van der Waals surface area contributed by atoms with Gasteiger partial charge in [0.15, 0.2) is 5.82 Å². The fourth-order valence-electron chi connectivity index (χ4n) is 6.52. The first-order valence-electron chi connectivity index (χ1n) is 13.7. The summed E-state index contributed by atoms with van der Waals surface area (Å²) in [6.45, 7) is 0. The van der Waals surface area contributed by atoms with Gasteiger partial charge in [-0.1, -0.05) is 133 Å². The van der Waals surface area contributed by atoms with Crippen LogP contribution >= 0.6 is 0 Å². The Morgan fingerprint density at radius 3 is 1.66 bits per heavy atom. The first-order chi connectivity index (χ1) is 20.3. The molecule has 6 aromatic rings. The Morgan fingerprint density at radius 2 is 1.05 bits per heavy atom. The molecule has 0 fully saturated rings. The number of rotatable bonds is 0. The normalized spacial score (nSPS) is 17.1. The average Bonchev–Trinajstić information content (AvgIpc) is 3.55. The SMILES string of the molecule is N/C1=c2/cccc/c2=C/C=C/C2(c3ccccc3-c3ccccc3-c3ccccc3-c3ccccc32)n2nnnc21. The highest BCUT2D eigenvalue weighted by Crippen LogP contribution is 2.50. The van der Waals surface area contributed by atoms with Gasteiger partial charge in [-0.05, 0) is 66.2 Å². The zero-order chi connectivity index (χ0) is 27.4. The summed E-state index contributed by atoms with van der Waals surface area (Å²) in [4.78, 5) is 0. The number of allylic oxidation sites excluding steroid dienone is 2. The Kier molecular flexibility index (Phi) is 5.12. The van der Waals surface area contributed by atoms with Crippen molar-refractivity contribution in [3.05, 3.63) is 161 Å². The lowest BCUT2D eigenvalue weighted by molar-refractivity contribution is 0.459. The summed E-state index contributed by atoms with van der Waals surface area (Å²) in [5.41, 5.74) is 15.5. The summed E-state index contributed by atoms with van der Waals surface area (Å²) in [5.74, 6) is 0.517. The van der Waals surface area contributed by atoms with Crippen molar-refractivity contribution in [1.82, 2.24) is 20.2 Å². The second-order valence-electron chi connectivity index (χ2n) is 10.4. The highest BCUT2D eigenvalue weighted by atomic mass is 15.6. The maximum absolute atomic E-state index is 6.93. The van der Waals surface area contributed by atoms with Crippen molar-refractivity contribution in [2.24, 2.45) is 5.73 Å². The van der Waals surface area contributed by atoms with Crippen molar-refractivity contribution in [3.63, 3.8) is 0 Å². The van der Waals surface area contributed by atoms with Crippen LogP contribution in [-0.2, 0) is 5.54 Å². The fourth-order valence-corrected chi connectivity index (χ4v) is 6.52. The Balaban J connectivity index is 1.63. The summed E-state index contributed by atoms with van der Waals surface area (Å²) in [7, 11) is 0. The number of hydrogen-bond donors (Lipinski definition) is 1. The number of benzene rings is 5. The third-order valence-corrected chi connectivity index (χ3v) is 8.31.